The molecule has 1 aromatic carbocycles. The van der Waals surface area contributed by atoms with Crippen molar-refractivity contribution in [2.45, 2.75) is 32.2 Å². The first-order valence-electron chi connectivity index (χ1n) is 8.35. The van der Waals surface area contributed by atoms with Crippen LogP contribution in [0.25, 0.3) is 10.9 Å². The zero-order valence-electron chi connectivity index (χ0n) is 13.7. The molecule has 2 aromatic rings. The molecule has 2 heterocycles. The second-order valence-electron chi connectivity index (χ2n) is 6.69. The van der Waals surface area contributed by atoms with Gasteiger partial charge in [0.1, 0.15) is 0 Å². The van der Waals surface area contributed by atoms with Crippen LogP contribution in [0.3, 0.4) is 0 Å². The van der Waals surface area contributed by atoms with Crippen molar-refractivity contribution in [3.63, 3.8) is 0 Å². The summed E-state index contributed by atoms with van der Waals surface area (Å²) in [5.74, 6) is 0.956. The number of fused-ring (bicyclic) bond motifs is 1. The first-order valence-corrected chi connectivity index (χ1v) is 8.35. The number of nitrogens with one attached hydrogen (secondary N) is 2. The van der Waals surface area contributed by atoms with Gasteiger partial charge in [0.25, 0.3) is 0 Å². The van der Waals surface area contributed by atoms with E-state index in [0.29, 0.717) is 6.04 Å². The molecule has 0 bridgehead atoms. The van der Waals surface area contributed by atoms with Gasteiger partial charge in [-0.3, -0.25) is 4.90 Å². The average Bonchev–Trinajstić information content (AvgIpc) is 3.27. The number of aromatic nitrogens is 1. The fourth-order valence-electron chi connectivity index (χ4n) is 3.84. The third kappa shape index (κ3) is 3.85. The van der Waals surface area contributed by atoms with Crippen LogP contribution in [0.1, 0.15) is 36.6 Å². The maximum absolute atomic E-state index is 3.60. The Kier molecular flexibility index (Phi) is 6.38. The normalized spacial score (nSPS) is 19.9. The van der Waals surface area contributed by atoms with Gasteiger partial charge >= 0.3 is 0 Å². The van der Waals surface area contributed by atoms with Crippen LogP contribution < -0.4 is 5.32 Å². The summed E-state index contributed by atoms with van der Waals surface area (Å²) in [6.07, 6.45) is 4.21. The number of benzene rings is 1. The van der Waals surface area contributed by atoms with E-state index < -0.39 is 0 Å². The Morgan fingerprint density at radius 3 is 2.52 bits per heavy atom. The van der Waals surface area contributed by atoms with E-state index in [-0.39, 0.29) is 24.8 Å². The highest BCUT2D eigenvalue weighted by molar-refractivity contribution is 5.86. The highest BCUT2D eigenvalue weighted by atomic mass is 35.5. The van der Waals surface area contributed by atoms with Crippen molar-refractivity contribution in [3.05, 3.63) is 35.5 Å². The highest BCUT2D eigenvalue weighted by Crippen LogP contribution is 2.42. The van der Waals surface area contributed by atoms with Gasteiger partial charge in [-0.15, -0.1) is 24.8 Å². The molecule has 0 amide bonds. The van der Waals surface area contributed by atoms with Crippen molar-refractivity contribution in [2.24, 2.45) is 5.92 Å². The quantitative estimate of drug-likeness (QED) is 0.865. The number of aryl methyl sites for hydroxylation is 1. The first-order chi connectivity index (χ1) is 10.3. The first kappa shape index (κ1) is 18.6. The van der Waals surface area contributed by atoms with Crippen molar-refractivity contribution in [1.29, 1.82) is 0 Å². The molecule has 1 aliphatic carbocycles. The van der Waals surface area contributed by atoms with Gasteiger partial charge in [0, 0.05) is 48.8 Å². The van der Waals surface area contributed by atoms with Gasteiger partial charge in [0.05, 0.1) is 0 Å². The number of hydrogen-bond acceptors (Lipinski definition) is 2. The molecule has 2 aliphatic rings. The molecule has 1 atom stereocenters. The number of para-hydroxylation sites is 1. The number of hydrogen-bond donors (Lipinski definition) is 2. The average molecular weight is 356 g/mol. The second-order valence-corrected chi connectivity index (χ2v) is 6.69. The summed E-state index contributed by atoms with van der Waals surface area (Å²) < 4.78 is 0. The Balaban J connectivity index is 0.000000960. The zero-order chi connectivity index (χ0) is 14.2. The molecule has 3 nitrogen and oxygen atoms in total. The van der Waals surface area contributed by atoms with E-state index in [1.54, 1.807) is 5.56 Å². The van der Waals surface area contributed by atoms with Crippen LogP contribution in [0.5, 0.6) is 0 Å². The van der Waals surface area contributed by atoms with E-state index in [2.05, 4.69) is 46.4 Å². The third-order valence-electron chi connectivity index (χ3n) is 5.12. The molecule has 128 valence electrons. The summed E-state index contributed by atoms with van der Waals surface area (Å²) in [7, 11) is 0. The molecule has 23 heavy (non-hydrogen) atoms. The Labute approximate surface area is 151 Å². The lowest BCUT2D eigenvalue weighted by Gasteiger charge is -2.35. The topological polar surface area (TPSA) is 31.1 Å². The van der Waals surface area contributed by atoms with Crippen LogP contribution in [0.2, 0.25) is 0 Å². The zero-order valence-corrected chi connectivity index (χ0v) is 15.3. The molecule has 0 spiro atoms. The number of aromatic amines is 1. The SMILES string of the molecule is Cc1[nH]c2ccccc2c1[C@H](CC1CC1)N1CCNCC1.Cl.Cl. The number of nitrogens with zero attached hydrogens (tertiary/aromatic N) is 1. The van der Waals surface area contributed by atoms with Crippen LogP contribution in [-0.4, -0.2) is 36.1 Å². The molecule has 0 radical (unpaired) electrons. The third-order valence-corrected chi connectivity index (χ3v) is 5.12. The minimum atomic E-state index is 0. The van der Waals surface area contributed by atoms with Gasteiger partial charge in [-0.05, 0) is 30.9 Å². The number of halogens is 2. The maximum atomic E-state index is 3.60. The van der Waals surface area contributed by atoms with Gasteiger partial charge in [-0.25, -0.2) is 0 Å². The smallest absolute Gasteiger partial charge is 0.0459 e. The van der Waals surface area contributed by atoms with Crippen molar-refractivity contribution < 1.29 is 0 Å². The lowest BCUT2D eigenvalue weighted by molar-refractivity contribution is 0.161. The molecular formula is C18H27Cl2N3. The summed E-state index contributed by atoms with van der Waals surface area (Å²) in [5.41, 5.74) is 4.21. The lowest BCUT2D eigenvalue weighted by atomic mass is 9.96. The number of H-pyrrole nitrogens is 1. The minimum Gasteiger partial charge on any atom is -0.358 e. The van der Waals surface area contributed by atoms with E-state index in [1.165, 1.54) is 48.9 Å². The second kappa shape index (κ2) is 7.89. The highest BCUT2D eigenvalue weighted by Gasteiger charge is 2.32. The summed E-state index contributed by atoms with van der Waals surface area (Å²) >= 11 is 0. The molecule has 0 unspecified atom stereocenters. The fourth-order valence-corrected chi connectivity index (χ4v) is 3.84. The summed E-state index contributed by atoms with van der Waals surface area (Å²) in [6, 6.07) is 9.39. The Hall–Kier alpha value is -0.740. The molecule has 1 saturated carbocycles. The molecule has 2 fully saturated rings. The van der Waals surface area contributed by atoms with Crippen molar-refractivity contribution in [1.82, 2.24) is 15.2 Å². The molecule has 5 heteroatoms. The lowest BCUT2D eigenvalue weighted by Crippen LogP contribution is -2.45. The number of piperazine rings is 1. The van der Waals surface area contributed by atoms with E-state index >= 15 is 0 Å². The van der Waals surface area contributed by atoms with Crippen LogP contribution in [0.15, 0.2) is 24.3 Å². The standard InChI is InChI=1S/C18H25N3.2ClH/c1-13-18(15-4-2-3-5-16(15)20-13)17(12-14-6-7-14)21-10-8-19-9-11-21;;/h2-5,14,17,19-20H,6-12H2,1H3;2*1H/t17-;;/m0../s1. The maximum Gasteiger partial charge on any atom is 0.0459 e. The largest absolute Gasteiger partial charge is 0.358 e. The predicted octanol–water partition coefficient (Wildman–Crippen LogP) is 4.07. The van der Waals surface area contributed by atoms with Crippen molar-refractivity contribution in [2.75, 3.05) is 26.2 Å². The minimum absolute atomic E-state index is 0. The van der Waals surface area contributed by atoms with Crippen molar-refractivity contribution in [3.8, 4) is 0 Å². The molecule has 1 saturated heterocycles. The summed E-state index contributed by atoms with van der Waals surface area (Å²) in [4.78, 5) is 6.30. The van der Waals surface area contributed by atoms with Crippen LogP contribution in [0.4, 0.5) is 0 Å². The monoisotopic (exact) mass is 355 g/mol. The Morgan fingerprint density at radius 1 is 1.13 bits per heavy atom. The molecule has 4 rings (SSSR count). The van der Waals surface area contributed by atoms with E-state index in [9.17, 15) is 0 Å². The summed E-state index contributed by atoms with van der Waals surface area (Å²) in [6.45, 7) is 6.86. The van der Waals surface area contributed by atoms with Crippen molar-refractivity contribution >= 4 is 35.7 Å². The van der Waals surface area contributed by atoms with Gasteiger partial charge in [0.15, 0.2) is 0 Å². The van der Waals surface area contributed by atoms with Gasteiger partial charge in [-0.2, -0.15) is 0 Å². The Bertz CT molecular complexity index is 630. The van der Waals surface area contributed by atoms with E-state index in [1.807, 2.05) is 0 Å². The molecular weight excluding hydrogens is 329 g/mol. The Morgan fingerprint density at radius 2 is 1.83 bits per heavy atom. The summed E-state index contributed by atoms with van der Waals surface area (Å²) in [5, 5.41) is 4.92. The fraction of sp³-hybridized carbons (Fsp3) is 0.556. The molecule has 1 aromatic heterocycles. The van der Waals surface area contributed by atoms with Crippen LogP contribution in [-0.2, 0) is 0 Å². The van der Waals surface area contributed by atoms with Gasteiger partial charge in [-0.1, -0.05) is 31.0 Å². The molecule has 2 N–H and O–H groups in total. The molecule has 1 aliphatic heterocycles. The van der Waals surface area contributed by atoms with Crippen LogP contribution >= 0.6 is 24.8 Å². The van der Waals surface area contributed by atoms with E-state index in [0.717, 1.165) is 19.0 Å². The van der Waals surface area contributed by atoms with Gasteiger partial charge in [0.2, 0.25) is 0 Å². The van der Waals surface area contributed by atoms with Gasteiger partial charge < -0.3 is 10.3 Å². The van der Waals surface area contributed by atoms with E-state index in [4.69, 9.17) is 0 Å². The van der Waals surface area contributed by atoms with Crippen LogP contribution in [0, 0.1) is 12.8 Å². The predicted molar refractivity (Wildman–Crippen MR) is 102 cm³/mol. The number of rotatable bonds is 4.